The Bertz CT molecular complexity index is 444. The van der Waals surface area contributed by atoms with Gasteiger partial charge < -0.3 is 11.1 Å². The van der Waals surface area contributed by atoms with Crippen LogP contribution < -0.4 is 11.1 Å². The van der Waals surface area contributed by atoms with Crippen LogP contribution in [0.2, 0.25) is 0 Å². The van der Waals surface area contributed by atoms with Gasteiger partial charge in [-0.25, -0.2) is 0 Å². The van der Waals surface area contributed by atoms with Crippen molar-refractivity contribution in [1.29, 1.82) is 0 Å². The molecule has 0 heterocycles. The Labute approximate surface area is 124 Å². The van der Waals surface area contributed by atoms with Crippen molar-refractivity contribution in [3.63, 3.8) is 0 Å². The van der Waals surface area contributed by atoms with E-state index in [9.17, 15) is 4.79 Å². The number of carbonyl (C=O) groups excluding carboxylic acids is 1. The van der Waals surface area contributed by atoms with Crippen LogP contribution in [0.1, 0.15) is 38.7 Å². The van der Waals surface area contributed by atoms with Crippen LogP contribution in [0.25, 0.3) is 0 Å². The summed E-state index contributed by atoms with van der Waals surface area (Å²) >= 11 is 3.45. The van der Waals surface area contributed by atoms with Gasteiger partial charge in [0.15, 0.2) is 0 Å². The minimum Gasteiger partial charge on any atom is -0.330 e. The summed E-state index contributed by atoms with van der Waals surface area (Å²) < 4.78 is 1.05. The molecule has 3 nitrogen and oxygen atoms in total. The van der Waals surface area contributed by atoms with Crippen molar-refractivity contribution in [2.45, 2.75) is 40.0 Å². The highest BCUT2D eigenvalue weighted by Crippen LogP contribution is 2.26. The van der Waals surface area contributed by atoms with Gasteiger partial charge in [-0.2, -0.15) is 0 Å². The van der Waals surface area contributed by atoms with Crippen molar-refractivity contribution in [2.75, 3.05) is 11.9 Å². The molecule has 1 aromatic carbocycles. The molecule has 0 saturated heterocycles. The number of halogens is 1. The summed E-state index contributed by atoms with van der Waals surface area (Å²) in [5.74, 6) is 0.0619. The van der Waals surface area contributed by atoms with E-state index in [4.69, 9.17) is 5.73 Å². The van der Waals surface area contributed by atoms with Crippen molar-refractivity contribution in [3.05, 3.63) is 28.2 Å². The predicted octanol–water partition coefficient (Wildman–Crippen LogP) is 3.85. The van der Waals surface area contributed by atoms with Gasteiger partial charge in [0.2, 0.25) is 5.91 Å². The van der Waals surface area contributed by atoms with E-state index >= 15 is 0 Å². The lowest BCUT2D eigenvalue weighted by molar-refractivity contribution is -0.116. The third-order valence-electron chi connectivity index (χ3n) is 3.29. The summed E-state index contributed by atoms with van der Waals surface area (Å²) in [5.41, 5.74) is 7.66. The highest BCUT2D eigenvalue weighted by Gasteiger charge is 2.18. The number of rotatable bonds is 6. The molecular weight excluding hydrogens is 304 g/mol. The molecule has 0 unspecified atom stereocenters. The summed E-state index contributed by atoms with van der Waals surface area (Å²) in [6.45, 7) is 6.97. The van der Waals surface area contributed by atoms with Crippen molar-refractivity contribution >= 4 is 27.5 Å². The van der Waals surface area contributed by atoms with Crippen LogP contribution in [-0.4, -0.2) is 12.5 Å². The van der Waals surface area contributed by atoms with E-state index in [1.54, 1.807) is 0 Å². The van der Waals surface area contributed by atoms with Crippen molar-refractivity contribution in [2.24, 2.45) is 11.1 Å². The van der Waals surface area contributed by atoms with Crippen LogP contribution in [0.3, 0.4) is 0 Å². The Morgan fingerprint density at radius 3 is 2.63 bits per heavy atom. The fraction of sp³-hybridized carbons (Fsp3) is 0.533. The quantitative estimate of drug-likeness (QED) is 0.834. The van der Waals surface area contributed by atoms with Crippen LogP contribution in [0.4, 0.5) is 5.69 Å². The number of hydrogen-bond acceptors (Lipinski definition) is 2. The van der Waals surface area contributed by atoms with E-state index in [1.807, 2.05) is 25.1 Å². The highest BCUT2D eigenvalue weighted by atomic mass is 79.9. The molecule has 106 valence electrons. The van der Waals surface area contributed by atoms with E-state index in [1.165, 1.54) is 0 Å². The van der Waals surface area contributed by atoms with E-state index in [2.05, 4.69) is 35.1 Å². The van der Waals surface area contributed by atoms with Gasteiger partial charge in [-0.1, -0.05) is 29.8 Å². The zero-order valence-electron chi connectivity index (χ0n) is 11.9. The average molecular weight is 327 g/mol. The molecule has 0 aliphatic carbocycles. The Morgan fingerprint density at radius 2 is 2.05 bits per heavy atom. The first-order valence-electron chi connectivity index (χ1n) is 6.60. The summed E-state index contributed by atoms with van der Waals surface area (Å²) in [5, 5.41) is 2.93. The van der Waals surface area contributed by atoms with Crippen LogP contribution in [0.15, 0.2) is 22.7 Å². The normalized spacial score (nSPS) is 11.4. The zero-order valence-corrected chi connectivity index (χ0v) is 13.5. The molecule has 0 bridgehead atoms. The molecule has 4 heteroatoms. The molecule has 1 rings (SSSR count). The lowest BCUT2D eigenvalue weighted by Gasteiger charge is -2.23. The second kappa shape index (κ2) is 7.06. The topological polar surface area (TPSA) is 55.1 Å². The molecule has 0 atom stereocenters. The van der Waals surface area contributed by atoms with E-state index < -0.39 is 0 Å². The second-order valence-corrected chi connectivity index (χ2v) is 6.57. The van der Waals surface area contributed by atoms with Crippen LogP contribution >= 0.6 is 15.9 Å². The molecule has 0 fully saturated rings. The van der Waals surface area contributed by atoms with Crippen LogP contribution in [-0.2, 0) is 4.79 Å². The van der Waals surface area contributed by atoms with E-state index in [0.717, 1.165) is 28.6 Å². The van der Waals surface area contributed by atoms with Crippen LogP contribution in [0.5, 0.6) is 0 Å². The molecule has 0 aromatic heterocycles. The first kappa shape index (κ1) is 16.2. The molecular formula is C15H23BrN2O. The van der Waals surface area contributed by atoms with Crippen molar-refractivity contribution < 1.29 is 4.79 Å². The van der Waals surface area contributed by atoms with Gasteiger partial charge in [0.25, 0.3) is 0 Å². The molecule has 1 amide bonds. The Kier molecular flexibility index (Phi) is 6.01. The Morgan fingerprint density at radius 1 is 1.37 bits per heavy atom. The number of benzene rings is 1. The number of aryl methyl sites for hydroxylation is 1. The largest absolute Gasteiger partial charge is 0.330 e. The molecule has 0 radical (unpaired) electrons. The molecule has 0 aliphatic rings. The number of nitrogens with two attached hydrogens (primary N) is 1. The zero-order chi connectivity index (χ0) is 14.5. The maximum atomic E-state index is 11.9. The average Bonchev–Trinajstić information content (AvgIpc) is 2.32. The highest BCUT2D eigenvalue weighted by molar-refractivity contribution is 9.10. The number of hydrogen-bond donors (Lipinski definition) is 2. The van der Waals surface area contributed by atoms with Gasteiger partial charge >= 0.3 is 0 Å². The SMILES string of the molecule is Cc1cc(NC(=O)CCC(C)(C)CCN)ccc1Br. The maximum absolute atomic E-state index is 11.9. The minimum atomic E-state index is 0.0619. The van der Waals surface area contributed by atoms with Gasteiger partial charge in [-0.3, -0.25) is 4.79 Å². The lowest BCUT2D eigenvalue weighted by Crippen LogP contribution is -2.20. The fourth-order valence-corrected chi connectivity index (χ4v) is 2.16. The van der Waals surface area contributed by atoms with Gasteiger partial charge in [0.05, 0.1) is 0 Å². The van der Waals surface area contributed by atoms with Crippen LogP contribution in [0, 0.1) is 12.3 Å². The third-order valence-corrected chi connectivity index (χ3v) is 4.18. The first-order valence-corrected chi connectivity index (χ1v) is 7.39. The first-order chi connectivity index (χ1) is 8.84. The summed E-state index contributed by atoms with van der Waals surface area (Å²) in [4.78, 5) is 11.9. The molecule has 0 aliphatic heterocycles. The van der Waals surface area contributed by atoms with E-state index in [-0.39, 0.29) is 11.3 Å². The smallest absolute Gasteiger partial charge is 0.224 e. The van der Waals surface area contributed by atoms with Crippen molar-refractivity contribution in [3.8, 4) is 0 Å². The van der Waals surface area contributed by atoms with Gasteiger partial charge in [-0.05, 0) is 55.5 Å². The number of carbonyl (C=O) groups is 1. The van der Waals surface area contributed by atoms with Gasteiger partial charge in [0.1, 0.15) is 0 Å². The Balaban J connectivity index is 2.49. The number of anilines is 1. The fourth-order valence-electron chi connectivity index (χ4n) is 1.91. The lowest BCUT2D eigenvalue weighted by atomic mass is 9.84. The predicted molar refractivity (Wildman–Crippen MR) is 84.2 cm³/mol. The molecule has 1 aromatic rings. The second-order valence-electron chi connectivity index (χ2n) is 5.72. The number of amides is 1. The molecule has 0 spiro atoms. The molecule has 19 heavy (non-hydrogen) atoms. The summed E-state index contributed by atoms with van der Waals surface area (Å²) in [6, 6.07) is 5.82. The summed E-state index contributed by atoms with van der Waals surface area (Å²) in [6.07, 6.45) is 2.32. The van der Waals surface area contributed by atoms with Crippen molar-refractivity contribution in [1.82, 2.24) is 0 Å². The minimum absolute atomic E-state index is 0.0619. The maximum Gasteiger partial charge on any atom is 0.224 e. The molecule has 3 N–H and O–H groups in total. The van der Waals surface area contributed by atoms with Gasteiger partial charge in [0, 0.05) is 16.6 Å². The standard InChI is InChI=1S/C15H23BrN2O/c1-11-10-12(4-5-13(11)16)18-14(19)6-7-15(2,3)8-9-17/h4-5,10H,6-9,17H2,1-3H3,(H,18,19). The van der Waals surface area contributed by atoms with E-state index in [0.29, 0.717) is 13.0 Å². The monoisotopic (exact) mass is 326 g/mol. The molecule has 0 saturated carbocycles. The Hall–Kier alpha value is -0.870. The van der Waals surface area contributed by atoms with Gasteiger partial charge in [-0.15, -0.1) is 0 Å². The summed E-state index contributed by atoms with van der Waals surface area (Å²) in [7, 11) is 0. The number of nitrogens with one attached hydrogen (secondary N) is 1. The third kappa shape index (κ3) is 5.74.